The smallest absolute Gasteiger partial charge is 0.248 e. The first-order valence-electron chi connectivity index (χ1n) is 3.07. The molecule has 0 aliphatic heterocycles. The molecule has 0 fully saturated rings. The second-order valence-electron chi connectivity index (χ2n) is 2.06. The van der Waals surface area contributed by atoms with E-state index in [1.54, 1.807) is 30.1 Å². The molecule has 11 heavy (non-hydrogen) atoms. The van der Waals surface area contributed by atoms with Crippen molar-refractivity contribution >= 4 is 17.4 Å². The van der Waals surface area contributed by atoms with Gasteiger partial charge in [0.15, 0.2) is 0 Å². The van der Waals surface area contributed by atoms with Crippen molar-refractivity contribution in [2.24, 2.45) is 0 Å². The van der Waals surface area contributed by atoms with E-state index in [0.717, 1.165) is 0 Å². The minimum atomic E-state index is 0.579. The zero-order chi connectivity index (χ0) is 7.84. The molecule has 0 atom stereocenters. The number of imidazole rings is 2. The van der Waals surface area contributed by atoms with E-state index in [4.69, 9.17) is 16.4 Å². The fourth-order valence-electron chi connectivity index (χ4n) is 0.968. The summed E-state index contributed by atoms with van der Waals surface area (Å²) in [7, 11) is 1.57. The van der Waals surface area contributed by atoms with Crippen molar-refractivity contribution in [3.63, 3.8) is 0 Å². The maximum absolute atomic E-state index is 5.77. The van der Waals surface area contributed by atoms with E-state index in [-0.39, 0.29) is 0 Å². The molecule has 5 heteroatoms. The molecular weight excluding hydrogens is 166 g/mol. The Hall–Kier alpha value is -1.16. The third kappa shape index (κ3) is 0.793. The van der Waals surface area contributed by atoms with Crippen LogP contribution >= 0.6 is 11.6 Å². The van der Waals surface area contributed by atoms with Gasteiger partial charge >= 0.3 is 0 Å². The SMILES string of the molecule is COn1ccn2c(Cl)cnc12. The molecule has 0 aliphatic carbocycles. The Morgan fingerprint density at radius 3 is 3.09 bits per heavy atom. The Morgan fingerprint density at radius 2 is 2.36 bits per heavy atom. The highest BCUT2D eigenvalue weighted by molar-refractivity contribution is 6.29. The first-order valence-corrected chi connectivity index (χ1v) is 3.45. The zero-order valence-corrected chi connectivity index (χ0v) is 6.62. The predicted molar refractivity (Wildman–Crippen MR) is 40.7 cm³/mol. The zero-order valence-electron chi connectivity index (χ0n) is 5.86. The standard InChI is InChI=1S/C6H6ClN3O/c1-11-10-3-2-9-5(7)4-8-6(9)10/h2-4H,1H3. The monoisotopic (exact) mass is 171 g/mol. The molecule has 58 valence electrons. The summed E-state index contributed by atoms with van der Waals surface area (Å²) in [6, 6.07) is 0. The van der Waals surface area contributed by atoms with Crippen molar-refractivity contribution in [3.8, 4) is 0 Å². The van der Waals surface area contributed by atoms with Crippen LogP contribution in [0.2, 0.25) is 5.15 Å². The molecule has 2 rings (SSSR count). The molecule has 0 saturated heterocycles. The third-order valence-corrected chi connectivity index (χ3v) is 1.76. The summed E-state index contributed by atoms with van der Waals surface area (Å²) in [4.78, 5) is 8.97. The summed E-state index contributed by atoms with van der Waals surface area (Å²) >= 11 is 5.77. The molecule has 0 spiro atoms. The average molecular weight is 172 g/mol. The quantitative estimate of drug-likeness (QED) is 0.637. The van der Waals surface area contributed by atoms with E-state index >= 15 is 0 Å². The molecule has 0 amide bonds. The summed E-state index contributed by atoms with van der Waals surface area (Å²) < 4.78 is 3.26. The molecule has 4 nitrogen and oxygen atoms in total. The van der Waals surface area contributed by atoms with Crippen molar-refractivity contribution in [1.29, 1.82) is 0 Å². The van der Waals surface area contributed by atoms with Crippen LogP contribution in [0.25, 0.3) is 5.78 Å². The van der Waals surface area contributed by atoms with Crippen LogP contribution in [-0.4, -0.2) is 21.2 Å². The van der Waals surface area contributed by atoms with Crippen LogP contribution in [0, 0.1) is 0 Å². The van der Waals surface area contributed by atoms with E-state index < -0.39 is 0 Å². The Morgan fingerprint density at radius 1 is 1.55 bits per heavy atom. The van der Waals surface area contributed by atoms with Gasteiger partial charge in [0.25, 0.3) is 0 Å². The number of hydrogen-bond acceptors (Lipinski definition) is 2. The van der Waals surface area contributed by atoms with Gasteiger partial charge in [0, 0.05) is 6.20 Å². The summed E-state index contributed by atoms with van der Waals surface area (Å²) in [6.07, 6.45) is 5.11. The molecule has 0 bridgehead atoms. The minimum absolute atomic E-state index is 0.579. The van der Waals surface area contributed by atoms with Gasteiger partial charge in [-0.25, -0.2) is 4.98 Å². The molecule has 0 saturated carbocycles. The molecule has 0 aliphatic rings. The number of nitrogens with zero attached hydrogens (tertiary/aromatic N) is 3. The highest BCUT2D eigenvalue weighted by atomic mass is 35.5. The van der Waals surface area contributed by atoms with E-state index in [9.17, 15) is 0 Å². The molecule has 2 heterocycles. The fraction of sp³-hybridized carbons (Fsp3) is 0.167. The van der Waals surface area contributed by atoms with Crippen molar-refractivity contribution in [2.75, 3.05) is 7.11 Å². The van der Waals surface area contributed by atoms with Gasteiger partial charge in [-0.2, -0.15) is 4.73 Å². The molecule has 2 aromatic rings. The Kier molecular flexibility index (Phi) is 1.29. The Bertz CT molecular complexity index is 378. The van der Waals surface area contributed by atoms with Crippen LogP contribution in [0.3, 0.4) is 0 Å². The first-order chi connectivity index (χ1) is 5.33. The van der Waals surface area contributed by atoms with Gasteiger partial charge in [0.05, 0.1) is 12.4 Å². The number of fused-ring (bicyclic) bond motifs is 1. The van der Waals surface area contributed by atoms with E-state index in [1.165, 1.54) is 4.73 Å². The lowest BCUT2D eigenvalue weighted by atomic mass is 10.9. The lowest BCUT2D eigenvalue weighted by Gasteiger charge is -1.95. The van der Waals surface area contributed by atoms with Crippen LogP contribution in [-0.2, 0) is 0 Å². The van der Waals surface area contributed by atoms with Crippen molar-refractivity contribution in [2.45, 2.75) is 0 Å². The van der Waals surface area contributed by atoms with Crippen molar-refractivity contribution < 1.29 is 4.84 Å². The van der Waals surface area contributed by atoms with Gasteiger partial charge < -0.3 is 4.84 Å². The highest BCUT2D eigenvalue weighted by Gasteiger charge is 2.04. The highest BCUT2D eigenvalue weighted by Crippen LogP contribution is 2.11. The first kappa shape index (κ1) is 6.54. The fourth-order valence-corrected chi connectivity index (χ4v) is 1.15. The predicted octanol–water partition coefficient (Wildman–Crippen LogP) is 0.848. The van der Waals surface area contributed by atoms with Crippen LogP contribution in [0.4, 0.5) is 0 Å². The van der Waals surface area contributed by atoms with Gasteiger partial charge in [-0.15, -0.1) is 0 Å². The molecule has 0 radical (unpaired) electrons. The molecule has 0 N–H and O–H groups in total. The largest absolute Gasteiger partial charge is 0.414 e. The van der Waals surface area contributed by atoms with Crippen LogP contribution in [0.5, 0.6) is 0 Å². The number of halogens is 1. The van der Waals surface area contributed by atoms with E-state index in [1.807, 2.05) is 0 Å². The molecule has 0 aromatic carbocycles. The molecule has 2 aromatic heterocycles. The lowest BCUT2D eigenvalue weighted by molar-refractivity contribution is 0.176. The van der Waals surface area contributed by atoms with Gasteiger partial charge in [-0.3, -0.25) is 4.40 Å². The summed E-state index contributed by atoms with van der Waals surface area (Å²) in [5.74, 6) is 0.678. The van der Waals surface area contributed by atoms with Gasteiger partial charge in [0.2, 0.25) is 5.78 Å². The Labute approximate surface area is 67.9 Å². The summed E-state index contributed by atoms with van der Waals surface area (Å²) in [6.45, 7) is 0. The van der Waals surface area contributed by atoms with Crippen LogP contribution in [0.15, 0.2) is 18.6 Å². The van der Waals surface area contributed by atoms with E-state index in [0.29, 0.717) is 10.9 Å². The molecular formula is C6H6ClN3O. The normalized spacial score (nSPS) is 10.7. The summed E-state index contributed by atoms with van der Waals surface area (Å²) in [5.41, 5.74) is 0. The third-order valence-electron chi connectivity index (χ3n) is 1.48. The maximum atomic E-state index is 5.77. The van der Waals surface area contributed by atoms with Gasteiger partial charge in [-0.05, 0) is 0 Å². The van der Waals surface area contributed by atoms with Crippen molar-refractivity contribution in [1.82, 2.24) is 14.1 Å². The van der Waals surface area contributed by atoms with Crippen molar-refractivity contribution in [3.05, 3.63) is 23.7 Å². The van der Waals surface area contributed by atoms with Gasteiger partial charge in [-0.1, -0.05) is 11.6 Å². The number of hydrogen-bond donors (Lipinski definition) is 0. The topological polar surface area (TPSA) is 31.5 Å². The summed E-state index contributed by atoms with van der Waals surface area (Å²) in [5, 5.41) is 0.579. The van der Waals surface area contributed by atoms with Gasteiger partial charge in [0.1, 0.15) is 12.3 Å². The second-order valence-corrected chi connectivity index (χ2v) is 2.44. The number of rotatable bonds is 1. The van der Waals surface area contributed by atoms with Crippen LogP contribution in [0.1, 0.15) is 0 Å². The van der Waals surface area contributed by atoms with Crippen LogP contribution < -0.4 is 4.84 Å². The Balaban J connectivity index is 2.77. The molecule has 0 unspecified atom stereocenters. The lowest BCUT2D eigenvalue weighted by Crippen LogP contribution is -2.03. The average Bonchev–Trinajstić information content (AvgIpc) is 2.53. The second kappa shape index (κ2) is 2.17. The van der Waals surface area contributed by atoms with E-state index in [2.05, 4.69) is 4.98 Å². The minimum Gasteiger partial charge on any atom is -0.414 e. The number of aromatic nitrogens is 3. The maximum Gasteiger partial charge on any atom is 0.248 e.